The van der Waals surface area contributed by atoms with E-state index in [1.165, 1.54) is 19.3 Å². The van der Waals surface area contributed by atoms with Gasteiger partial charge in [-0.25, -0.2) is 4.98 Å². The van der Waals surface area contributed by atoms with Crippen LogP contribution in [0.15, 0.2) is 36.4 Å². The van der Waals surface area contributed by atoms with Crippen LogP contribution in [0.2, 0.25) is 0 Å². The van der Waals surface area contributed by atoms with E-state index in [0.29, 0.717) is 18.4 Å². The Morgan fingerprint density at radius 1 is 1.04 bits per heavy atom. The lowest BCUT2D eigenvalue weighted by Gasteiger charge is -2.49. The number of ketones is 1. The number of anilines is 1. The van der Waals surface area contributed by atoms with E-state index < -0.39 is 0 Å². The maximum Gasteiger partial charge on any atom is 0.164 e. The molecule has 1 aromatic carbocycles. The number of hydrogen-bond donors (Lipinski definition) is 1. The summed E-state index contributed by atoms with van der Waals surface area (Å²) >= 11 is 0. The maximum atomic E-state index is 11.9. The van der Waals surface area contributed by atoms with Crippen molar-refractivity contribution in [3.63, 3.8) is 0 Å². The number of aryl methyl sites for hydroxylation is 2. The average molecular weight is 318 g/mol. The third kappa shape index (κ3) is 2.18. The van der Waals surface area contributed by atoms with E-state index in [2.05, 4.69) is 29.6 Å². The summed E-state index contributed by atoms with van der Waals surface area (Å²) in [6, 6.07) is 13.4. The summed E-state index contributed by atoms with van der Waals surface area (Å²) in [4.78, 5) is 16.7. The molecule has 3 heteroatoms. The Hall–Kier alpha value is -2.16. The lowest BCUT2D eigenvalue weighted by atomic mass is 9.60. The van der Waals surface area contributed by atoms with E-state index in [0.717, 1.165) is 35.8 Å². The molecule has 0 radical (unpaired) electrons. The molecule has 1 N–H and O–H groups in total. The van der Waals surface area contributed by atoms with E-state index in [4.69, 9.17) is 4.98 Å². The number of fused-ring (bicyclic) bond motifs is 4. The molecule has 1 saturated carbocycles. The van der Waals surface area contributed by atoms with Gasteiger partial charge in [-0.05, 0) is 67.2 Å². The molecule has 3 nitrogen and oxygen atoms in total. The minimum Gasteiger partial charge on any atom is -0.367 e. The molecule has 0 saturated heterocycles. The van der Waals surface area contributed by atoms with Crippen LogP contribution < -0.4 is 5.32 Å². The first-order valence-corrected chi connectivity index (χ1v) is 9.17. The third-order valence-corrected chi connectivity index (χ3v) is 6.17. The minimum atomic E-state index is 0.253. The highest BCUT2D eigenvalue weighted by Gasteiger charge is 2.44. The van der Waals surface area contributed by atoms with Crippen LogP contribution in [0.1, 0.15) is 58.8 Å². The molecule has 3 aliphatic carbocycles. The minimum absolute atomic E-state index is 0.253. The van der Waals surface area contributed by atoms with Crippen molar-refractivity contribution in [3.05, 3.63) is 58.8 Å². The van der Waals surface area contributed by atoms with Crippen LogP contribution >= 0.6 is 0 Å². The van der Waals surface area contributed by atoms with Crippen molar-refractivity contribution in [1.82, 2.24) is 4.98 Å². The Kier molecular flexibility index (Phi) is 3.22. The van der Waals surface area contributed by atoms with E-state index in [-0.39, 0.29) is 5.78 Å². The highest BCUT2D eigenvalue weighted by atomic mass is 16.1. The zero-order valence-electron chi connectivity index (χ0n) is 13.8. The van der Waals surface area contributed by atoms with Gasteiger partial charge in [-0.3, -0.25) is 4.79 Å². The fourth-order valence-corrected chi connectivity index (χ4v) is 4.85. The Morgan fingerprint density at radius 3 is 2.92 bits per heavy atom. The Labute approximate surface area is 142 Å². The SMILES string of the molecule is O=C1CCCc2nc(NC3CC4c5ccccc5CCC34)ccc21. The molecule has 0 amide bonds. The number of aromatic nitrogens is 1. The number of carbonyl (C=O) groups is 1. The molecule has 1 aromatic heterocycles. The summed E-state index contributed by atoms with van der Waals surface area (Å²) < 4.78 is 0. The number of nitrogens with zero attached hydrogens (tertiary/aromatic N) is 1. The monoisotopic (exact) mass is 318 g/mol. The van der Waals surface area contributed by atoms with Gasteiger partial charge < -0.3 is 5.32 Å². The van der Waals surface area contributed by atoms with Gasteiger partial charge in [0.1, 0.15) is 5.82 Å². The summed E-state index contributed by atoms with van der Waals surface area (Å²) in [6.07, 6.45) is 6.20. The first kappa shape index (κ1) is 14.2. The number of pyridine rings is 1. The smallest absolute Gasteiger partial charge is 0.164 e. The van der Waals surface area contributed by atoms with Gasteiger partial charge in [0.25, 0.3) is 0 Å². The summed E-state index contributed by atoms with van der Waals surface area (Å²) in [5.41, 5.74) is 4.93. The van der Waals surface area contributed by atoms with E-state index >= 15 is 0 Å². The van der Waals surface area contributed by atoms with Gasteiger partial charge in [0.15, 0.2) is 5.78 Å². The fraction of sp³-hybridized carbons (Fsp3) is 0.429. The quantitative estimate of drug-likeness (QED) is 0.905. The van der Waals surface area contributed by atoms with Gasteiger partial charge in [0, 0.05) is 18.0 Å². The van der Waals surface area contributed by atoms with E-state index in [1.54, 1.807) is 11.1 Å². The molecule has 3 atom stereocenters. The predicted octanol–water partition coefficient (Wildman–Crippen LogP) is 4.13. The number of rotatable bonds is 2. The summed E-state index contributed by atoms with van der Waals surface area (Å²) in [5, 5.41) is 3.65. The lowest BCUT2D eigenvalue weighted by molar-refractivity contribution is 0.0971. The van der Waals surface area contributed by atoms with Crippen LogP contribution in [0.3, 0.4) is 0 Å². The van der Waals surface area contributed by atoms with Crippen LogP contribution in [0.4, 0.5) is 5.82 Å². The number of carbonyl (C=O) groups excluding carboxylic acids is 1. The summed E-state index contributed by atoms with van der Waals surface area (Å²) in [5.74, 6) is 2.64. The zero-order chi connectivity index (χ0) is 16.1. The summed E-state index contributed by atoms with van der Waals surface area (Å²) in [7, 11) is 0. The van der Waals surface area contributed by atoms with Crippen molar-refractivity contribution in [2.45, 2.75) is 50.5 Å². The maximum absolute atomic E-state index is 11.9. The van der Waals surface area contributed by atoms with Gasteiger partial charge in [-0.1, -0.05) is 24.3 Å². The molecular weight excluding hydrogens is 296 g/mol. The van der Waals surface area contributed by atoms with Crippen LogP contribution in [0.25, 0.3) is 0 Å². The van der Waals surface area contributed by atoms with E-state index in [1.807, 2.05) is 12.1 Å². The fourth-order valence-electron chi connectivity index (χ4n) is 4.85. The van der Waals surface area contributed by atoms with Crippen molar-refractivity contribution in [1.29, 1.82) is 0 Å². The van der Waals surface area contributed by atoms with Crippen LogP contribution in [0.5, 0.6) is 0 Å². The van der Waals surface area contributed by atoms with E-state index in [9.17, 15) is 4.79 Å². The summed E-state index contributed by atoms with van der Waals surface area (Å²) in [6.45, 7) is 0. The lowest BCUT2D eigenvalue weighted by Crippen LogP contribution is -2.47. The molecule has 1 fully saturated rings. The van der Waals surface area contributed by atoms with Crippen molar-refractivity contribution < 1.29 is 4.79 Å². The van der Waals surface area contributed by atoms with Crippen molar-refractivity contribution >= 4 is 11.6 Å². The Morgan fingerprint density at radius 2 is 1.96 bits per heavy atom. The molecule has 2 aromatic rings. The van der Waals surface area contributed by atoms with Crippen LogP contribution in [-0.4, -0.2) is 16.8 Å². The number of benzene rings is 1. The molecule has 122 valence electrons. The third-order valence-electron chi connectivity index (χ3n) is 6.17. The number of Topliss-reactive ketones (excluding diaryl/α,β-unsaturated/α-hetero) is 1. The second kappa shape index (κ2) is 5.44. The standard InChI is InChI=1S/C21H22N2O/c24-20-7-3-6-18-16(20)10-11-21(22-18)23-19-12-17-14-5-2-1-4-13(14)8-9-15(17)19/h1-2,4-5,10-11,15,17,19H,3,6-9,12H2,(H,22,23). The molecule has 5 rings (SSSR count). The zero-order valence-corrected chi connectivity index (χ0v) is 13.8. The predicted molar refractivity (Wildman–Crippen MR) is 94.5 cm³/mol. The van der Waals surface area contributed by atoms with Crippen molar-refractivity contribution in [2.24, 2.45) is 5.92 Å². The average Bonchev–Trinajstić information content (AvgIpc) is 2.59. The molecule has 0 aliphatic heterocycles. The van der Waals surface area contributed by atoms with Crippen LogP contribution in [0, 0.1) is 5.92 Å². The normalized spacial score (nSPS) is 27.5. The largest absolute Gasteiger partial charge is 0.367 e. The molecule has 3 unspecified atom stereocenters. The van der Waals surface area contributed by atoms with Gasteiger partial charge in [0.05, 0.1) is 5.69 Å². The highest BCUT2D eigenvalue weighted by molar-refractivity contribution is 5.98. The number of nitrogens with one attached hydrogen (secondary N) is 1. The van der Waals surface area contributed by atoms with Crippen molar-refractivity contribution in [3.8, 4) is 0 Å². The van der Waals surface area contributed by atoms with Crippen molar-refractivity contribution in [2.75, 3.05) is 5.32 Å². The first-order valence-electron chi connectivity index (χ1n) is 9.17. The topological polar surface area (TPSA) is 42.0 Å². The Balaban J connectivity index is 1.33. The Bertz CT molecular complexity index is 813. The van der Waals surface area contributed by atoms with Crippen LogP contribution in [-0.2, 0) is 12.8 Å². The van der Waals surface area contributed by atoms with Gasteiger partial charge >= 0.3 is 0 Å². The second-order valence-corrected chi connectivity index (χ2v) is 7.46. The van der Waals surface area contributed by atoms with Gasteiger partial charge in [0.2, 0.25) is 0 Å². The molecular formula is C21H22N2O. The first-order chi connectivity index (χ1) is 11.8. The highest BCUT2D eigenvalue weighted by Crippen LogP contribution is 2.50. The second-order valence-electron chi connectivity index (χ2n) is 7.46. The molecule has 0 spiro atoms. The molecule has 1 heterocycles. The van der Waals surface area contributed by atoms with Gasteiger partial charge in [-0.2, -0.15) is 0 Å². The molecule has 3 aliphatic rings. The van der Waals surface area contributed by atoms with Gasteiger partial charge in [-0.15, -0.1) is 0 Å². The molecule has 24 heavy (non-hydrogen) atoms. The molecule has 0 bridgehead atoms. The number of hydrogen-bond acceptors (Lipinski definition) is 3.